The molecule has 3 rings (SSSR count). The molecule has 1 heterocycles. The number of nitro benzene ring substituents is 1. The van der Waals surface area contributed by atoms with E-state index in [2.05, 4.69) is 12.2 Å². The first-order chi connectivity index (χ1) is 14.1. The van der Waals surface area contributed by atoms with E-state index < -0.39 is 4.92 Å². The average Bonchev–Trinajstić information content (AvgIpc) is 3.16. The Hall–Kier alpha value is -2.89. The van der Waals surface area contributed by atoms with Crippen molar-refractivity contribution in [2.45, 2.75) is 51.9 Å². The molecule has 0 saturated heterocycles. The largest absolute Gasteiger partial charge is 0.352 e. The predicted molar refractivity (Wildman–Crippen MR) is 116 cm³/mol. The van der Waals surface area contributed by atoms with Gasteiger partial charge in [0.15, 0.2) is 0 Å². The highest BCUT2D eigenvalue weighted by molar-refractivity contribution is 5.96. The second kappa shape index (κ2) is 10.0. The quantitative estimate of drug-likeness (QED) is 0.333. The standard InChI is InChI=1S/C23H29N3O3/c1-2-3-4-5-6-9-15-24-23(27)19-12-13-21(22(17-19)26(28)29)25-16-14-18-10-7-8-11-20(18)25/h7-8,10-13,17H,2-6,9,14-16H2,1H3,(H,24,27). The van der Waals surface area contributed by atoms with Gasteiger partial charge in [0.05, 0.1) is 4.92 Å². The van der Waals surface area contributed by atoms with Crippen LogP contribution in [-0.4, -0.2) is 23.9 Å². The van der Waals surface area contributed by atoms with Crippen LogP contribution in [0.15, 0.2) is 42.5 Å². The van der Waals surface area contributed by atoms with Gasteiger partial charge in [0, 0.05) is 30.4 Å². The molecule has 0 atom stereocenters. The second-order valence-electron chi connectivity index (χ2n) is 7.51. The van der Waals surface area contributed by atoms with Gasteiger partial charge in [-0.05, 0) is 36.6 Å². The van der Waals surface area contributed by atoms with E-state index in [0.717, 1.165) is 24.9 Å². The van der Waals surface area contributed by atoms with Crippen molar-refractivity contribution in [1.29, 1.82) is 0 Å². The predicted octanol–water partition coefficient (Wildman–Crippen LogP) is 5.38. The number of nitro groups is 1. The van der Waals surface area contributed by atoms with Crippen molar-refractivity contribution in [3.8, 4) is 0 Å². The topological polar surface area (TPSA) is 75.5 Å². The number of para-hydroxylation sites is 1. The van der Waals surface area contributed by atoms with Crippen LogP contribution in [0.5, 0.6) is 0 Å². The minimum atomic E-state index is -0.402. The number of unbranched alkanes of at least 4 members (excludes halogenated alkanes) is 5. The zero-order valence-corrected chi connectivity index (χ0v) is 17.0. The van der Waals surface area contributed by atoms with Crippen LogP contribution in [0.25, 0.3) is 0 Å². The molecule has 1 amide bonds. The zero-order valence-electron chi connectivity index (χ0n) is 17.0. The highest BCUT2D eigenvalue weighted by atomic mass is 16.6. The van der Waals surface area contributed by atoms with E-state index in [9.17, 15) is 14.9 Å². The Balaban J connectivity index is 1.66. The summed E-state index contributed by atoms with van der Waals surface area (Å²) in [4.78, 5) is 25.7. The molecule has 2 aromatic rings. The monoisotopic (exact) mass is 395 g/mol. The first kappa shape index (κ1) is 20.8. The summed E-state index contributed by atoms with van der Waals surface area (Å²) < 4.78 is 0. The van der Waals surface area contributed by atoms with Gasteiger partial charge in [-0.25, -0.2) is 0 Å². The number of carbonyl (C=O) groups excluding carboxylic acids is 1. The van der Waals surface area contributed by atoms with E-state index in [1.807, 2.05) is 29.2 Å². The van der Waals surface area contributed by atoms with Gasteiger partial charge in [-0.1, -0.05) is 57.2 Å². The molecule has 0 aromatic heterocycles. The van der Waals surface area contributed by atoms with Crippen molar-refractivity contribution in [2.24, 2.45) is 0 Å². The third-order valence-electron chi connectivity index (χ3n) is 5.43. The first-order valence-electron chi connectivity index (χ1n) is 10.5. The molecule has 0 bridgehead atoms. The number of nitrogens with zero attached hydrogens (tertiary/aromatic N) is 2. The lowest BCUT2D eigenvalue weighted by Crippen LogP contribution is -2.24. The third kappa shape index (κ3) is 5.13. The molecular formula is C23H29N3O3. The minimum Gasteiger partial charge on any atom is -0.352 e. The number of carbonyl (C=O) groups is 1. The molecule has 154 valence electrons. The van der Waals surface area contributed by atoms with E-state index >= 15 is 0 Å². The second-order valence-corrected chi connectivity index (χ2v) is 7.51. The molecule has 2 aromatic carbocycles. The first-order valence-corrected chi connectivity index (χ1v) is 10.5. The maximum absolute atomic E-state index is 12.4. The van der Waals surface area contributed by atoms with Crippen molar-refractivity contribution in [3.63, 3.8) is 0 Å². The Morgan fingerprint density at radius 3 is 2.62 bits per heavy atom. The summed E-state index contributed by atoms with van der Waals surface area (Å²) in [5, 5.41) is 14.6. The summed E-state index contributed by atoms with van der Waals surface area (Å²) in [6.45, 7) is 3.48. The van der Waals surface area contributed by atoms with Gasteiger partial charge in [-0.3, -0.25) is 14.9 Å². The summed E-state index contributed by atoms with van der Waals surface area (Å²) in [6.07, 6.45) is 7.76. The third-order valence-corrected chi connectivity index (χ3v) is 5.43. The fraction of sp³-hybridized carbons (Fsp3) is 0.435. The summed E-state index contributed by atoms with van der Waals surface area (Å²) in [5.74, 6) is -0.255. The van der Waals surface area contributed by atoms with Gasteiger partial charge in [0.1, 0.15) is 5.69 Å². The maximum atomic E-state index is 12.4. The number of nitrogens with one attached hydrogen (secondary N) is 1. The van der Waals surface area contributed by atoms with Gasteiger partial charge in [0.2, 0.25) is 0 Å². The lowest BCUT2D eigenvalue weighted by Gasteiger charge is -2.19. The van der Waals surface area contributed by atoms with Crippen molar-refractivity contribution in [3.05, 3.63) is 63.7 Å². The van der Waals surface area contributed by atoms with Crippen molar-refractivity contribution in [2.75, 3.05) is 18.0 Å². The molecule has 0 aliphatic carbocycles. The Morgan fingerprint density at radius 2 is 1.83 bits per heavy atom. The van der Waals surface area contributed by atoms with E-state index in [-0.39, 0.29) is 11.6 Å². The van der Waals surface area contributed by atoms with E-state index in [1.165, 1.54) is 37.3 Å². The lowest BCUT2D eigenvalue weighted by molar-refractivity contribution is -0.384. The number of rotatable bonds is 10. The molecule has 0 saturated carbocycles. The summed E-state index contributed by atoms with van der Waals surface area (Å²) in [5.41, 5.74) is 3.01. The highest BCUT2D eigenvalue weighted by Gasteiger charge is 2.27. The van der Waals surface area contributed by atoms with E-state index in [1.54, 1.807) is 12.1 Å². The normalized spacial score (nSPS) is 12.7. The Kier molecular flexibility index (Phi) is 7.22. The Bertz CT molecular complexity index is 866. The number of amides is 1. The molecule has 6 heteroatoms. The maximum Gasteiger partial charge on any atom is 0.293 e. The lowest BCUT2D eigenvalue weighted by atomic mass is 10.1. The number of fused-ring (bicyclic) bond motifs is 1. The van der Waals surface area contributed by atoms with Crippen LogP contribution in [0, 0.1) is 10.1 Å². The van der Waals surface area contributed by atoms with Gasteiger partial charge < -0.3 is 10.2 Å². The molecule has 1 N–H and O–H groups in total. The summed E-state index contributed by atoms with van der Waals surface area (Å²) in [7, 11) is 0. The van der Waals surface area contributed by atoms with Crippen LogP contribution < -0.4 is 10.2 Å². The molecule has 0 unspecified atom stereocenters. The molecule has 6 nitrogen and oxygen atoms in total. The smallest absolute Gasteiger partial charge is 0.293 e. The van der Waals surface area contributed by atoms with E-state index in [0.29, 0.717) is 24.3 Å². The summed E-state index contributed by atoms with van der Waals surface area (Å²) in [6, 6.07) is 12.7. The van der Waals surface area contributed by atoms with E-state index in [4.69, 9.17) is 0 Å². The number of anilines is 2. The van der Waals surface area contributed by atoms with Gasteiger partial charge in [-0.15, -0.1) is 0 Å². The SMILES string of the molecule is CCCCCCCCNC(=O)c1ccc(N2CCc3ccccc32)c([N+](=O)[O-])c1. The molecular weight excluding hydrogens is 366 g/mol. The average molecular weight is 396 g/mol. The Morgan fingerprint density at radius 1 is 1.07 bits per heavy atom. The van der Waals surface area contributed by atoms with Gasteiger partial charge in [-0.2, -0.15) is 0 Å². The number of benzene rings is 2. The van der Waals surface area contributed by atoms with Crippen LogP contribution in [0.4, 0.5) is 17.1 Å². The zero-order chi connectivity index (χ0) is 20.6. The van der Waals surface area contributed by atoms with Crippen molar-refractivity contribution < 1.29 is 9.72 Å². The molecule has 0 spiro atoms. The van der Waals surface area contributed by atoms with Crippen LogP contribution in [0.2, 0.25) is 0 Å². The van der Waals surface area contributed by atoms with Crippen LogP contribution in [0.3, 0.4) is 0 Å². The summed E-state index contributed by atoms with van der Waals surface area (Å²) >= 11 is 0. The molecule has 1 aliphatic rings. The fourth-order valence-corrected chi connectivity index (χ4v) is 3.84. The number of hydrogen-bond donors (Lipinski definition) is 1. The Labute approximate surface area is 172 Å². The van der Waals surface area contributed by atoms with Crippen molar-refractivity contribution >= 4 is 23.0 Å². The fourth-order valence-electron chi connectivity index (χ4n) is 3.84. The van der Waals surface area contributed by atoms with Crippen LogP contribution >= 0.6 is 0 Å². The highest BCUT2D eigenvalue weighted by Crippen LogP contribution is 2.39. The van der Waals surface area contributed by atoms with Gasteiger partial charge >= 0.3 is 0 Å². The number of hydrogen-bond acceptors (Lipinski definition) is 4. The van der Waals surface area contributed by atoms with Gasteiger partial charge in [0.25, 0.3) is 11.6 Å². The molecule has 29 heavy (non-hydrogen) atoms. The minimum absolute atomic E-state index is 0.0334. The van der Waals surface area contributed by atoms with Crippen LogP contribution in [-0.2, 0) is 6.42 Å². The molecule has 0 radical (unpaired) electrons. The van der Waals surface area contributed by atoms with Crippen LogP contribution in [0.1, 0.15) is 61.4 Å². The molecule has 1 aliphatic heterocycles. The molecule has 0 fully saturated rings. The van der Waals surface area contributed by atoms with Crippen molar-refractivity contribution in [1.82, 2.24) is 5.32 Å².